The van der Waals surface area contributed by atoms with Crippen LogP contribution in [0.4, 0.5) is 0 Å². The number of hydrogen-bond acceptors (Lipinski definition) is 3. The molecule has 2 N–H and O–H groups in total. The van der Waals surface area contributed by atoms with Gasteiger partial charge in [-0.2, -0.15) is 0 Å². The molecule has 188 valence electrons. The molecule has 4 fully saturated rings. The summed E-state index contributed by atoms with van der Waals surface area (Å²) >= 11 is 0. The second-order valence-electron chi connectivity index (χ2n) is 12.1. The van der Waals surface area contributed by atoms with Gasteiger partial charge in [0.15, 0.2) is 0 Å². The van der Waals surface area contributed by atoms with E-state index in [9.17, 15) is 15.0 Å². The van der Waals surface area contributed by atoms with Crippen molar-refractivity contribution >= 4 is 5.78 Å². The summed E-state index contributed by atoms with van der Waals surface area (Å²) in [5.41, 5.74) is 3.62. The summed E-state index contributed by atoms with van der Waals surface area (Å²) in [6.45, 7) is 11.1. The average Bonchev–Trinajstić information content (AvgIpc) is 3.49. The molecule has 4 saturated carbocycles. The van der Waals surface area contributed by atoms with E-state index in [0.29, 0.717) is 41.8 Å². The predicted octanol–water partition coefficient (Wildman–Crippen LogP) is 6.86. The van der Waals surface area contributed by atoms with Crippen LogP contribution in [-0.2, 0) is 4.79 Å². The third-order valence-electron chi connectivity index (χ3n) is 9.81. The zero-order chi connectivity index (χ0) is 24.5. The molecule has 0 heterocycles. The first-order valence-electron chi connectivity index (χ1n) is 13.8. The highest BCUT2D eigenvalue weighted by atomic mass is 16.3. The molecule has 0 amide bonds. The van der Waals surface area contributed by atoms with Crippen molar-refractivity contribution < 1.29 is 15.0 Å². The molecule has 0 spiro atoms. The third-order valence-corrected chi connectivity index (χ3v) is 9.81. The van der Waals surface area contributed by atoms with E-state index in [4.69, 9.17) is 0 Å². The minimum Gasteiger partial charge on any atom is -0.393 e. The Labute approximate surface area is 207 Å². The first-order chi connectivity index (χ1) is 16.2. The van der Waals surface area contributed by atoms with Gasteiger partial charge >= 0.3 is 0 Å². The van der Waals surface area contributed by atoms with E-state index in [2.05, 4.69) is 51.7 Å². The van der Waals surface area contributed by atoms with Gasteiger partial charge in [-0.25, -0.2) is 0 Å². The molecule has 6 atom stereocenters. The Morgan fingerprint density at radius 3 is 2.68 bits per heavy atom. The van der Waals surface area contributed by atoms with E-state index in [1.807, 2.05) is 0 Å². The van der Waals surface area contributed by atoms with Gasteiger partial charge in [0.2, 0.25) is 0 Å². The first-order valence-corrected chi connectivity index (χ1v) is 13.8. The predicted molar refractivity (Wildman–Crippen MR) is 139 cm³/mol. The van der Waals surface area contributed by atoms with E-state index < -0.39 is 12.2 Å². The number of carbonyl (C=O) groups is 1. The van der Waals surface area contributed by atoms with E-state index in [0.717, 1.165) is 49.7 Å². The summed E-state index contributed by atoms with van der Waals surface area (Å²) in [7, 11) is 0. The molecule has 0 aliphatic heterocycles. The van der Waals surface area contributed by atoms with E-state index in [1.54, 1.807) is 5.57 Å². The number of carbonyl (C=O) groups excluding carboxylic acids is 1. The van der Waals surface area contributed by atoms with Crippen LogP contribution in [-0.4, -0.2) is 28.2 Å². The van der Waals surface area contributed by atoms with Crippen molar-refractivity contribution in [1.82, 2.24) is 0 Å². The van der Waals surface area contributed by atoms with Gasteiger partial charge in [-0.3, -0.25) is 4.79 Å². The summed E-state index contributed by atoms with van der Waals surface area (Å²) < 4.78 is 0. The Hall–Kier alpha value is -1.45. The maximum atomic E-state index is 12.5. The lowest BCUT2D eigenvalue weighted by Crippen LogP contribution is -2.35. The fraction of sp³-hybridized carbons (Fsp3) is 0.710. The van der Waals surface area contributed by atoms with Gasteiger partial charge in [0.1, 0.15) is 5.78 Å². The smallest absolute Gasteiger partial charge is 0.139 e. The average molecular weight is 467 g/mol. The van der Waals surface area contributed by atoms with Gasteiger partial charge in [0.25, 0.3) is 0 Å². The van der Waals surface area contributed by atoms with Crippen molar-refractivity contribution in [3.63, 3.8) is 0 Å². The van der Waals surface area contributed by atoms with Crippen molar-refractivity contribution in [3.8, 4) is 0 Å². The number of hydrogen-bond donors (Lipinski definition) is 2. The Morgan fingerprint density at radius 1 is 1.21 bits per heavy atom. The van der Waals surface area contributed by atoms with Gasteiger partial charge in [-0.1, -0.05) is 57.2 Å². The van der Waals surface area contributed by atoms with Gasteiger partial charge < -0.3 is 10.2 Å². The van der Waals surface area contributed by atoms with Crippen LogP contribution in [0.25, 0.3) is 0 Å². The number of aliphatic hydroxyl groups excluding tert-OH is 2. The monoisotopic (exact) mass is 466 g/mol. The molecule has 4 aliphatic rings. The largest absolute Gasteiger partial charge is 0.393 e. The molecule has 4 aliphatic carbocycles. The maximum Gasteiger partial charge on any atom is 0.139 e. The molecule has 34 heavy (non-hydrogen) atoms. The maximum absolute atomic E-state index is 12.5. The topological polar surface area (TPSA) is 57.5 Å². The number of Topliss-reactive ketones (excluding diaryl/α,β-unsaturated/α-hetero) is 1. The van der Waals surface area contributed by atoms with Crippen LogP contribution in [0.5, 0.6) is 0 Å². The molecule has 0 unspecified atom stereocenters. The molecule has 0 aromatic rings. The van der Waals surface area contributed by atoms with Crippen LogP contribution in [0, 0.1) is 28.6 Å². The molecular weight excluding hydrogens is 420 g/mol. The summed E-state index contributed by atoms with van der Waals surface area (Å²) in [5, 5.41) is 20.3. The number of aliphatic hydroxyl groups is 2. The lowest BCUT2D eigenvalue weighted by Gasteiger charge is -2.44. The van der Waals surface area contributed by atoms with E-state index in [-0.39, 0.29) is 5.41 Å². The minimum atomic E-state index is -0.624. The van der Waals surface area contributed by atoms with Crippen molar-refractivity contribution in [2.75, 3.05) is 0 Å². The normalized spacial score (nSPS) is 38.4. The SMILES string of the molecule is C=C1C(=CC=C2CCC[C@]3(C)[C@@H]([C@H](C)C=CCC4(C(=O)CCC)CC4)CC[C@@H]23)C[C@@H](O)C[C@@H]1O. The van der Waals surface area contributed by atoms with Crippen molar-refractivity contribution in [3.05, 3.63) is 47.6 Å². The van der Waals surface area contributed by atoms with Crippen molar-refractivity contribution in [2.24, 2.45) is 28.6 Å². The minimum absolute atomic E-state index is 0.0210. The molecule has 0 radical (unpaired) electrons. The Bertz CT molecular complexity index is 873. The van der Waals surface area contributed by atoms with E-state index in [1.165, 1.54) is 25.7 Å². The highest BCUT2D eigenvalue weighted by Crippen LogP contribution is 2.59. The molecule has 0 saturated heterocycles. The zero-order valence-electron chi connectivity index (χ0n) is 21.7. The van der Waals surface area contributed by atoms with E-state index >= 15 is 0 Å². The Morgan fingerprint density at radius 2 is 1.97 bits per heavy atom. The number of fused-ring (bicyclic) bond motifs is 1. The first kappa shape index (κ1) is 25.6. The summed E-state index contributed by atoms with van der Waals surface area (Å²) in [5.74, 6) is 2.32. The second-order valence-corrected chi connectivity index (χ2v) is 12.1. The zero-order valence-corrected chi connectivity index (χ0v) is 21.7. The molecule has 3 heteroatoms. The lowest BCUT2D eigenvalue weighted by molar-refractivity contribution is -0.124. The van der Waals surface area contributed by atoms with Crippen molar-refractivity contribution in [1.29, 1.82) is 0 Å². The standard InChI is InChI=1S/C31H46O3/c1-5-8-29(34)31(17-18-31)16-6-9-21(2)26-13-14-27-23(10-7-15-30(26,27)4)11-12-24-19-25(32)20-28(33)22(24)3/h6,9,11-12,21,25-28,32-33H,3,5,7-8,10,13-20H2,1-2,4H3/t21-,25-,26-,27+,28+,30-/m1/s1. The highest BCUT2D eigenvalue weighted by molar-refractivity contribution is 5.87. The summed E-state index contributed by atoms with van der Waals surface area (Å²) in [4.78, 5) is 12.5. The molecule has 0 bridgehead atoms. The lowest BCUT2D eigenvalue weighted by atomic mass is 9.61. The number of rotatable bonds is 8. The van der Waals surface area contributed by atoms with Crippen LogP contribution in [0.3, 0.4) is 0 Å². The van der Waals surface area contributed by atoms with Gasteiger partial charge in [-0.05, 0) is 98.5 Å². The molecule has 0 aromatic heterocycles. The van der Waals surface area contributed by atoms with Crippen LogP contribution in [0.15, 0.2) is 47.6 Å². The molecular formula is C31H46O3. The Kier molecular flexibility index (Phi) is 7.74. The Balaban J connectivity index is 1.43. The fourth-order valence-corrected chi connectivity index (χ4v) is 7.49. The van der Waals surface area contributed by atoms with Crippen LogP contribution < -0.4 is 0 Å². The quantitative estimate of drug-likeness (QED) is 0.384. The molecule has 3 nitrogen and oxygen atoms in total. The van der Waals surface area contributed by atoms with Gasteiger partial charge in [-0.15, -0.1) is 0 Å². The number of allylic oxidation sites excluding steroid dienone is 5. The van der Waals surface area contributed by atoms with Gasteiger partial charge in [0.05, 0.1) is 12.2 Å². The van der Waals surface area contributed by atoms with Crippen LogP contribution in [0.1, 0.15) is 97.8 Å². The molecule has 0 aromatic carbocycles. The third kappa shape index (κ3) is 5.07. The van der Waals surface area contributed by atoms with Crippen LogP contribution >= 0.6 is 0 Å². The van der Waals surface area contributed by atoms with Crippen LogP contribution in [0.2, 0.25) is 0 Å². The van der Waals surface area contributed by atoms with Gasteiger partial charge in [0, 0.05) is 18.3 Å². The second kappa shape index (κ2) is 10.3. The fourth-order valence-electron chi connectivity index (χ4n) is 7.49. The summed E-state index contributed by atoms with van der Waals surface area (Å²) in [6.07, 6.45) is 20.1. The van der Waals surface area contributed by atoms with Crippen molar-refractivity contribution in [2.45, 2.75) is 110 Å². The summed E-state index contributed by atoms with van der Waals surface area (Å²) in [6, 6.07) is 0. The highest BCUT2D eigenvalue weighted by Gasteiger charge is 2.50. The molecule has 4 rings (SSSR count). The number of ketones is 1.